The minimum atomic E-state index is 0.0625. The second-order valence-corrected chi connectivity index (χ2v) is 3.94. The molecule has 0 fully saturated rings. The summed E-state index contributed by atoms with van der Waals surface area (Å²) in [4.78, 5) is 14.0. The summed E-state index contributed by atoms with van der Waals surface area (Å²) >= 11 is 0. The number of nitrogens with two attached hydrogens (primary N) is 2. The van der Waals surface area contributed by atoms with Gasteiger partial charge in [-0.05, 0) is 38.1 Å². The first kappa shape index (κ1) is 13.7. The van der Waals surface area contributed by atoms with Crippen LogP contribution in [0.25, 0.3) is 0 Å². The van der Waals surface area contributed by atoms with Gasteiger partial charge in [-0.3, -0.25) is 4.79 Å². The van der Waals surface area contributed by atoms with Crippen molar-refractivity contribution >= 4 is 5.91 Å². The van der Waals surface area contributed by atoms with Gasteiger partial charge in [0.05, 0.1) is 0 Å². The molecule has 0 aliphatic carbocycles. The van der Waals surface area contributed by atoms with Gasteiger partial charge in [0.1, 0.15) is 0 Å². The Morgan fingerprint density at radius 2 is 1.53 bits per heavy atom. The SMILES string of the molecule is NCCCN(CCCN)C(=O)c1ccccc1. The molecule has 4 N–H and O–H groups in total. The van der Waals surface area contributed by atoms with Gasteiger partial charge in [-0.1, -0.05) is 18.2 Å². The van der Waals surface area contributed by atoms with E-state index in [4.69, 9.17) is 11.5 Å². The van der Waals surface area contributed by atoms with Crippen molar-refractivity contribution in [3.05, 3.63) is 35.9 Å². The maximum absolute atomic E-state index is 12.2. The first-order valence-electron chi connectivity index (χ1n) is 6.04. The summed E-state index contributed by atoms with van der Waals surface area (Å²) in [6.45, 7) is 2.59. The van der Waals surface area contributed by atoms with Gasteiger partial charge in [-0.15, -0.1) is 0 Å². The average molecular weight is 235 g/mol. The van der Waals surface area contributed by atoms with Gasteiger partial charge in [0.2, 0.25) is 0 Å². The summed E-state index contributed by atoms with van der Waals surface area (Å²) in [6, 6.07) is 9.32. The van der Waals surface area contributed by atoms with Crippen LogP contribution in [0.4, 0.5) is 0 Å². The van der Waals surface area contributed by atoms with E-state index >= 15 is 0 Å². The van der Waals surface area contributed by atoms with Crippen molar-refractivity contribution in [1.29, 1.82) is 0 Å². The van der Waals surface area contributed by atoms with E-state index in [0.717, 1.165) is 18.4 Å². The average Bonchev–Trinajstić information content (AvgIpc) is 2.39. The van der Waals surface area contributed by atoms with E-state index in [1.54, 1.807) is 0 Å². The van der Waals surface area contributed by atoms with Crippen LogP contribution < -0.4 is 11.5 Å². The van der Waals surface area contributed by atoms with Gasteiger partial charge in [-0.25, -0.2) is 0 Å². The molecule has 0 heterocycles. The highest BCUT2D eigenvalue weighted by atomic mass is 16.2. The first-order valence-corrected chi connectivity index (χ1v) is 6.04. The highest BCUT2D eigenvalue weighted by Gasteiger charge is 2.13. The number of carbonyl (C=O) groups is 1. The smallest absolute Gasteiger partial charge is 0.253 e. The van der Waals surface area contributed by atoms with E-state index in [-0.39, 0.29) is 5.91 Å². The Balaban J connectivity index is 2.64. The third kappa shape index (κ3) is 4.54. The lowest BCUT2D eigenvalue weighted by molar-refractivity contribution is 0.0754. The third-order valence-electron chi connectivity index (χ3n) is 2.57. The molecule has 0 aliphatic heterocycles. The van der Waals surface area contributed by atoms with Crippen LogP contribution >= 0.6 is 0 Å². The molecular weight excluding hydrogens is 214 g/mol. The zero-order chi connectivity index (χ0) is 12.5. The third-order valence-corrected chi connectivity index (χ3v) is 2.57. The minimum Gasteiger partial charge on any atom is -0.339 e. The largest absolute Gasteiger partial charge is 0.339 e. The molecule has 1 rings (SSSR count). The number of rotatable bonds is 7. The van der Waals surface area contributed by atoms with Crippen molar-refractivity contribution < 1.29 is 4.79 Å². The monoisotopic (exact) mass is 235 g/mol. The molecule has 0 aromatic heterocycles. The molecule has 0 saturated carbocycles. The van der Waals surface area contributed by atoms with E-state index in [2.05, 4.69) is 0 Å². The van der Waals surface area contributed by atoms with E-state index in [1.807, 2.05) is 35.2 Å². The zero-order valence-corrected chi connectivity index (χ0v) is 10.1. The molecule has 94 valence electrons. The molecule has 0 atom stereocenters. The number of hydrogen-bond donors (Lipinski definition) is 2. The van der Waals surface area contributed by atoms with Gasteiger partial charge in [0.25, 0.3) is 5.91 Å². The summed E-state index contributed by atoms with van der Waals surface area (Å²) < 4.78 is 0. The lowest BCUT2D eigenvalue weighted by Gasteiger charge is -2.22. The maximum atomic E-state index is 12.2. The summed E-state index contributed by atoms with van der Waals surface area (Å²) in [7, 11) is 0. The summed E-state index contributed by atoms with van der Waals surface area (Å²) in [5, 5.41) is 0. The molecule has 1 aromatic carbocycles. The number of carbonyl (C=O) groups excluding carboxylic acids is 1. The topological polar surface area (TPSA) is 72.3 Å². The Hall–Kier alpha value is -1.39. The van der Waals surface area contributed by atoms with Crippen molar-refractivity contribution in [3.8, 4) is 0 Å². The van der Waals surface area contributed by atoms with Crippen LogP contribution in [0.3, 0.4) is 0 Å². The molecule has 1 amide bonds. The van der Waals surface area contributed by atoms with E-state index < -0.39 is 0 Å². The first-order chi connectivity index (χ1) is 8.29. The second-order valence-electron chi connectivity index (χ2n) is 3.94. The summed E-state index contributed by atoms with van der Waals surface area (Å²) in [6.07, 6.45) is 1.65. The molecule has 0 unspecified atom stereocenters. The molecule has 0 aliphatic rings. The van der Waals surface area contributed by atoms with Gasteiger partial charge >= 0.3 is 0 Å². The molecular formula is C13H21N3O. The number of hydrogen-bond acceptors (Lipinski definition) is 3. The van der Waals surface area contributed by atoms with Crippen LogP contribution in [-0.4, -0.2) is 37.0 Å². The number of benzene rings is 1. The fourth-order valence-corrected chi connectivity index (χ4v) is 1.64. The summed E-state index contributed by atoms with van der Waals surface area (Å²) in [5.74, 6) is 0.0625. The fraction of sp³-hybridized carbons (Fsp3) is 0.462. The van der Waals surface area contributed by atoms with E-state index in [1.165, 1.54) is 0 Å². The lowest BCUT2D eigenvalue weighted by atomic mass is 10.2. The maximum Gasteiger partial charge on any atom is 0.253 e. The van der Waals surface area contributed by atoms with E-state index in [0.29, 0.717) is 26.2 Å². The Morgan fingerprint density at radius 3 is 2.00 bits per heavy atom. The van der Waals surface area contributed by atoms with Crippen LogP contribution in [0.5, 0.6) is 0 Å². The highest BCUT2D eigenvalue weighted by molar-refractivity contribution is 5.94. The standard InChI is InChI=1S/C13H21N3O/c14-8-4-10-16(11-5-9-15)13(17)12-6-2-1-3-7-12/h1-3,6-7H,4-5,8-11,14-15H2. The normalized spacial score (nSPS) is 10.2. The predicted molar refractivity (Wildman–Crippen MR) is 69.7 cm³/mol. The molecule has 0 radical (unpaired) electrons. The van der Waals surface area contributed by atoms with Gasteiger partial charge in [0, 0.05) is 18.7 Å². The summed E-state index contributed by atoms with van der Waals surface area (Å²) in [5.41, 5.74) is 11.7. The lowest BCUT2D eigenvalue weighted by Crippen LogP contribution is -2.34. The van der Waals surface area contributed by atoms with Crippen LogP contribution in [0.2, 0.25) is 0 Å². The zero-order valence-electron chi connectivity index (χ0n) is 10.1. The molecule has 0 bridgehead atoms. The Morgan fingerprint density at radius 1 is 1.00 bits per heavy atom. The highest BCUT2D eigenvalue weighted by Crippen LogP contribution is 2.05. The van der Waals surface area contributed by atoms with Gasteiger partial charge in [-0.2, -0.15) is 0 Å². The molecule has 4 nitrogen and oxygen atoms in total. The van der Waals surface area contributed by atoms with Crippen molar-refractivity contribution in [2.24, 2.45) is 11.5 Å². The molecule has 0 spiro atoms. The predicted octanol–water partition coefficient (Wildman–Crippen LogP) is 0.826. The van der Waals surface area contributed by atoms with Gasteiger partial charge in [0.15, 0.2) is 0 Å². The second kappa shape index (κ2) is 7.81. The van der Waals surface area contributed by atoms with Crippen LogP contribution in [-0.2, 0) is 0 Å². The number of nitrogens with zero attached hydrogens (tertiary/aromatic N) is 1. The Kier molecular flexibility index (Phi) is 6.29. The molecule has 0 saturated heterocycles. The van der Waals surface area contributed by atoms with Crippen LogP contribution in [0, 0.1) is 0 Å². The molecule has 4 heteroatoms. The molecule has 1 aromatic rings. The van der Waals surface area contributed by atoms with Gasteiger partial charge < -0.3 is 16.4 Å². The Labute approximate surface area is 103 Å². The van der Waals surface area contributed by atoms with Crippen LogP contribution in [0.1, 0.15) is 23.2 Å². The minimum absolute atomic E-state index is 0.0625. The number of amides is 1. The quantitative estimate of drug-likeness (QED) is 0.735. The molecule has 17 heavy (non-hydrogen) atoms. The van der Waals surface area contributed by atoms with Crippen molar-refractivity contribution in [1.82, 2.24) is 4.90 Å². The van der Waals surface area contributed by atoms with E-state index in [9.17, 15) is 4.79 Å². The fourth-order valence-electron chi connectivity index (χ4n) is 1.64. The van der Waals surface area contributed by atoms with Crippen molar-refractivity contribution in [2.45, 2.75) is 12.8 Å². The Bertz CT molecular complexity index is 319. The van der Waals surface area contributed by atoms with Crippen molar-refractivity contribution in [3.63, 3.8) is 0 Å². The van der Waals surface area contributed by atoms with Crippen LogP contribution in [0.15, 0.2) is 30.3 Å². The van der Waals surface area contributed by atoms with Crippen molar-refractivity contribution in [2.75, 3.05) is 26.2 Å².